The van der Waals surface area contributed by atoms with E-state index in [0.29, 0.717) is 11.3 Å². The van der Waals surface area contributed by atoms with Gasteiger partial charge < -0.3 is 14.7 Å². The van der Waals surface area contributed by atoms with Crippen molar-refractivity contribution < 1.29 is 14.2 Å². The molecule has 0 aliphatic carbocycles. The van der Waals surface area contributed by atoms with E-state index >= 15 is 0 Å². The number of benzene rings is 1. The lowest BCUT2D eigenvalue weighted by Gasteiger charge is -2.34. The monoisotopic (exact) mass is 253 g/mol. The summed E-state index contributed by atoms with van der Waals surface area (Å²) in [7, 11) is 1.70. The van der Waals surface area contributed by atoms with Crippen molar-refractivity contribution in [2.75, 3.05) is 25.1 Å². The van der Waals surface area contributed by atoms with Gasteiger partial charge in [-0.15, -0.1) is 0 Å². The normalized spacial score (nSPS) is 22.0. The van der Waals surface area contributed by atoms with Crippen molar-refractivity contribution in [2.45, 2.75) is 32.0 Å². The highest BCUT2D eigenvalue weighted by molar-refractivity contribution is 5.50. The van der Waals surface area contributed by atoms with Gasteiger partial charge in [-0.1, -0.05) is 6.07 Å². The van der Waals surface area contributed by atoms with E-state index in [4.69, 9.17) is 4.74 Å². The van der Waals surface area contributed by atoms with Crippen LogP contribution in [0.5, 0.6) is 0 Å². The van der Waals surface area contributed by atoms with Crippen molar-refractivity contribution in [3.63, 3.8) is 0 Å². The molecule has 1 aromatic rings. The van der Waals surface area contributed by atoms with Gasteiger partial charge in [-0.05, 0) is 37.5 Å². The third-order valence-electron chi connectivity index (χ3n) is 3.51. The Morgan fingerprint density at radius 3 is 2.89 bits per heavy atom. The van der Waals surface area contributed by atoms with Crippen LogP contribution in [0.15, 0.2) is 18.2 Å². The largest absolute Gasteiger partial charge is 0.389 e. The third-order valence-corrected chi connectivity index (χ3v) is 3.51. The van der Waals surface area contributed by atoms with Gasteiger partial charge in [0.1, 0.15) is 5.82 Å². The number of rotatable bonds is 3. The summed E-state index contributed by atoms with van der Waals surface area (Å²) in [5.74, 6) is -0.273. The number of methoxy groups -OCH3 is 1. The van der Waals surface area contributed by atoms with Crippen molar-refractivity contribution >= 4 is 5.69 Å². The Labute approximate surface area is 107 Å². The molecule has 0 saturated carbocycles. The fraction of sp³-hybridized carbons (Fsp3) is 0.571. The van der Waals surface area contributed by atoms with Crippen molar-refractivity contribution in [3.05, 3.63) is 29.6 Å². The molecule has 1 aliphatic rings. The fourth-order valence-corrected chi connectivity index (χ4v) is 2.39. The number of halogens is 1. The van der Waals surface area contributed by atoms with Crippen LogP contribution >= 0.6 is 0 Å². The minimum absolute atomic E-state index is 0.176. The predicted octanol–water partition coefficient (Wildman–Crippen LogP) is 2.49. The molecule has 0 bridgehead atoms. The topological polar surface area (TPSA) is 32.7 Å². The molecule has 0 spiro atoms. The first-order chi connectivity index (χ1) is 8.61. The zero-order chi connectivity index (χ0) is 13.1. The highest BCUT2D eigenvalue weighted by atomic mass is 19.1. The van der Waals surface area contributed by atoms with Crippen molar-refractivity contribution in [1.82, 2.24) is 0 Å². The highest BCUT2D eigenvalue weighted by Crippen LogP contribution is 2.26. The molecule has 1 fully saturated rings. The van der Waals surface area contributed by atoms with Gasteiger partial charge in [-0.25, -0.2) is 4.39 Å². The lowest BCUT2D eigenvalue weighted by Crippen LogP contribution is -2.39. The second-order valence-corrected chi connectivity index (χ2v) is 4.83. The van der Waals surface area contributed by atoms with E-state index in [0.717, 1.165) is 25.9 Å². The number of ether oxygens (including phenoxy) is 1. The van der Waals surface area contributed by atoms with Gasteiger partial charge in [0.05, 0.1) is 17.9 Å². The van der Waals surface area contributed by atoms with Crippen molar-refractivity contribution in [3.8, 4) is 0 Å². The molecule has 3 nitrogen and oxygen atoms in total. The van der Waals surface area contributed by atoms with Gasteiger partial charge in [0.15, 0.2) is 0 Å². The Kier molecular flexibility index (Phi) is 4.19. The zero-order valence-corrected chi connectivity index (χ0v) is 10.9. The van der Waals surface area contributed by atoms with Gasteiger partial charge in [0.2, 0.25) is 0 Å². The average molecular weight is 253 g/mol. The molecule has 1 aromatic carbocycles. The molecule has 18 heavy (non-hydrogen) atoms. The summed E-state index contributed by atoms with van der Waals surface area (Å²) < 4.78 is 19.4. The molecule has 1 N–H and O–H groups in total. The van der Waals surface area contributed by atoms with E-state index in [9.17, 15) is 9.50 Å². The number of piperidine rings is 1. The first-order valence-corrected chi connectivity index (χ1v) is 6.37. The van der Waals surface area contributed by atoms with Crippen molar-refractivity contribution in [1.29, 1.82) is 0 Å². The number of hydrogen-bond donors (Lipinski definition) is 1. The number of hydrogen-bond acceptors (Lipinski definition) is 3. The minimum Gasteiger partial charge on any atom is -0.389 e. The summed E-state index contributed by atoms with van der Waals surface area (Å²) in [4.78, 5) is 2.01. The maximum atomic E-state index is 14.0. The molecule has 1 unspecified atom stereocenters. The van der Waals surface area contributed by atoms with E-state index in [1.54, 1.807) is 26.2 Å². The second kappa shape index (κ2) is 5.67. The van der Waals surface area contributed by atoms with E-state index in [-0.39, 0.29) is 11.9 Å². The number of aliphatic hydroxyl groups is 1. The predicted molar refractivity (Wildman–Crippen MR) is 69.3 cm³/mol. The Morgan fingerprint density at radius 1 is 1.50 bits per heavy atom. The smallest absolute Gasteiger partial charge is 0.146 e. The van der Waals surface area contributed by atoms with E-state index in [1.807, 2.05) is 4.90 Å². The Hall–Kier alpha value is -1.13. The second-order valence-electron chi connectivity index (χ2n) is 4.83. The third kappa shape index (κ3) is 2.82. The zero-order valence-electron chi connectivity index (χ0n) is 10.9. The van der Waals surface area contributed by atoms with Crippen LogP contribution in [0.1, 0.15) is 31.4 Å². The molecule has 1 saturated heterocycles. The van der Waals surface area contributed by atoms with Gasteiger partial charge >= 0.3 is 0 Å². The summed E-state index contributed by atoms with van der Waals surface area (Å²) >= 11 is 0. The molecule has 1 aliphatic heterocycles. The van der Waals surface area contributed by atoms with Gasteiger partial charge in [0.25, 0.3) is 0 Å². The van der Waals surface area contributed by atoms with Crippen LogP contribution in [0.3, 0.4) is 0 Å². The maximum Gasteiger partial charge on any atom is 0.146 e. The Bertz CT molecular complexity index is 409. The van der Waals surface area contributed by atoms with Gasteiger partial charge in [0, 0.05) is 20.2 Å². The van der Waals surface area contributed by atoms with Crippen LogP contribution in [-0.2, 0) is 4.74 Å². The molecule has 0 amide bonds. The average Bonchev–Trinajstić information content (AvgIpc) is 2.38. The maximum absolute atomic E-state index is 14.0. The van der Waals surface area contributed by atoms with Crippen LogP contribution in [0.25, 0.3) is 0 Å². The molecule has 1 heterocycles. The minimum atomic E-state index is -0.637. The quantitative estimate of drug-likeness (QED) is 0.898. The lowest BCUT2D eigenvalue weighted by molar-refractivity contribution is 0.0891. The van der Waals surface area contributed by atoms with Gasteiger partial charge in [-0.3, -0.25) is 0 Å². The highest BCUT2D eigenvalue weighted by Gasteiger charge is 2.22. The summed E-state index contributed by atoms with van der Waals surface area (Å²) in [5.41, 5.74) is 1.21. The summed E-state index contributed by atoms with van der Waals surface area (Å²) in [6, 6.07) is 4.94. The van der Waals surface area contributed by atoms with Crippen LogP contribution in [0.2, 0.25) is 0 Å². The van der Waals surface area contributed by atoms with Gasteiger partial charge in [-0.2, -0.15) is 0 Å². The molecule has 4 heteroatoms. The number of anilines is 1. The molecular formula is C14H20FNO2. The standard InChI is InChI=1S/C14H20FNO2/c1-10(17)11-5-6-14(13(15)8-11)16-7-3-4-12(9-16)18-2/h5-6,8,10,12,17H,3-4,7,9H2,1-2H3/t10-,12?/m0/s1. The summed E-state index contributed by atoms with van der Waals surface area (Å²) in [5, 5.41) is 9.43. The molecule has 100 valence electrons. The number of aliphatic hydroxyl groups excluding tert-OH is 1. The van der Waals surface area contributed by atoms with E-state index < -0.39 is 6.10 Å². The number of nitrogens with zero attached hydrogens (tertiary/aromatic N) is 1. The molecule has 2 atom stereocenters. The van der Waals surface area contributed by atoms with E-state index in [2.05, 4.69) is 0 Å². The van der Waals surface area contributed by atoms with Crippen LogP contribution < -0.4 is 4.90 Å². The Balaban J connectivity index is 2.17. The van der Waals surface area contributed by atoms with Crippen LogP contribution in [0, 0.1) is 5.82 Å². The lowest BCUT2D eigenvalue weighted by atomic mass is 10.1. The summed E-state index contributed by atoms with van der Waals surface area (Å²) in [6.45, 7) is 3.21. The first kappa shape index (κ1) is 13.3. The van der Waals surface area contributed by atoms with Crippen LogP contribution in [-0.4, -0.2) is 31.4 Å². The van der Waals surface area contributed by atoms with Crippen LogP contribution in [0.4, 0.5) is 10.1 Å². The van der Waals surface area contributed by atoms with Crippen molar-refractivity contribution in [2.24, 2.45) is 0 Å². The first-order valence-electron chi connectivity index (χ1n) is 6.37. The molecule has 2 rings (SSSR count). The SMILES string of the molecule is COC1CCCN(c2ccc([C@H](C)O)cc2F)C1. The molecule has 0 aromatic heterocycles. The Morgan fingerprint density at radius 2 is 2.28 bits per heavy atom. The molecular weight excluding hydrogens is 233 g/mol. The fourth-order valence-electron chi connectivity index (χ4n) is 2.39. The molecule has 0 radical (unpaired) electrons. The van der Waals surface area contributed by atoms with E-state index in [1.165, 1.54) is 6.07 Å². The summed E-state index contributed by atoms with van der Waals surface area (Å²) in [6.07, 6.45) is 1.58.